The number of rotatable bonds is 24. The van der Waals surface area contributed by atoms with Gasteiger partial charge in [0, 0.05) is 13.3 Å². The van der Waals surface area contributed by atoms with E-state index < -0.39 is 32.5 Å². The fourth-order valence-electron chi connectivity index (χ4n) is 3.50. The van der Waals surface area contributed by atoms with Gasteiger partial charge in [-0.05, 0) is 6.42 Å². The first-order chi connectivity index (χ1) is 16.9. The van der Waals surface area contributed by atoms with Crippen molar-refractivity contribution >= 4 is 19.8 Å². The molecule has 0 aromatic rings. The number of hydrogen-bond acceptors (Lipinski definition) is 7. The molecule has 2 unspecified atom stereocenters. The minimum atomic E-state index is -4.32. The van der Waals surface area contributed by atoms with Gasteiger partial charge in [-0.2, -0.15) is 0 Å². The maximum Gasteiger partial charge on any atom is 0.472 e. The van der Waals surface area contributed by atoms with E-state index in [0.29, 0.717) is 17.4 Å². The van der Waals surface area contributed by atoms with Crippen LogP contribution >= 0.6 is 7.82 Å². The summed E-state index contributed by atoms with van der Waals surface area (Å²) in [7, 11) is 1.47. The first-order valence-corrected chi connectivity index (χ1v) is 15.2. The largest absolute Gasteiger partial charge is 0.472 e. The Morgan fingerprint density at radius 3 is 1.78 bits per heavy atom. The van der Waals surface area contributed by atoms with E-state index in [1.54, 1.807) is 0 Å². The molecule has 0 aromatic carbocycles. The van der Waals surface area contributed by atoms with Crippen molar-refractivity contribution in [3.63, 3.8) is 0 Å². The first-order valence-electron chi connectivity index (χ1n) is 13.7. The molecule has 0 fully saturated rings. The Labute approximate surface area is 219 Å². The van der Waals surface area contributed by atoms with Gasteiger partial charge in [0.05, 0.1) is 27.7 Å². The molecule has 0 heterocycles. The van der Waals surface area contributed by atoms with E-state index in [-0.39, 0.29) is 19.6 Å². The number of carbonyl (C=O) groups excluding carboxylic acids is 2. The molecule has 0 aliphatic heterocycles. The normalized spacial score (nSPS) is 14.3. The Hall–Kier alpha value is -0.990. The number of hydrogen-bond donors (Lipinski definition) is 1. The van der Waals surface area contributed by atoms with Crippen molar-refractivity contribution < 1.29 is 42.1 Å². The minimum Gasteiger partial charge on any atom is -0.462 e. The zero-order valence-corrected chi connectivity index (χ0v) is 24.4. The number of phosphoric ester groups is 1. The van der Waals surface area contributed by atoms with E-state index in [4.69, 9.17) is 18.5 Å². The molecule has 214 valence electrons. The van der Waals surface area contributed by atoms with Crippen molar-refractivity contribution in [1.29, 1.82) is 0 Å². The van der Waals surface area contributed by atoms with Gasteiger partial charge in [-0.25, -0.2) is 4.57 Å². The number of quaternary nitrogens is 1. The molecular formula is C26H53NO8P+. The van der Waals surface area contributed by atoms with Crippen LogP contribution in [0.4, 0.5) is 0 Å². The van der Waals surface area contributed by atoms with Crippen LogP contribution in [0.2, 0.25) is 0 Å². The summed E-state index contributed by atoms with van der Waals surface area (Å²) >= 11 is 0. The van der Waals surface area contributed by atoms with Crippen molar-refractivity contribution in [2.45, 2.75) is 110 Å². The Morgan fingerprint density at radius 1 is 0.806 bits per heavy atom. The van der Waals surface area contributed by atoms with Crippen molar-refractivity contribution in [3.05, 3.63) is 0 Å². The van der Waals surface area contributed by atoms with Gasteiger partial charge >= 0.3 is 19.8 Å². The SMILES string of the molecule is CCCCCCCCCCCCCCCC(=O)OC(COC(C)=O)COP(=O)(O)OCC[N+](C)(C)C. The third kappa shape index (κ3) is 24.7. The Morgan fingerprint density at radius 2 is 1.31 bits per heavy atom. The predicted molar refractivity (Wildman–Crippen MR) is 141 cm³/mol. The molecule has 10 heteroatoms. The Bertz CT molecular complexity index is 624. The zero-order chi connectivity index (χ0) is 27.3. The monoisotopic (exact) mass is 538 g/mol. The number of unbranched alkanes of at least 4 members (excludes halogenated alkanes) is 12. The molecule has 0 amide bonds. The zero-order valence-electron chi connectivity index (χ0n) is 23.5. The van der Waals surface area contributed by atoms with E-state index in [2.05, 4.69) is 6.92 Å². The smallest absolute Gasteiger partial charge is 0.462 e. The lowest BCUT2D eigenvalue weighted by Gasteiger charge is -2.24. The molecule has 0 spiro atoms. The van der Waals surface area contributed by atoms with Gasteiger partial charge in [0.15, 0.2) is 6.10 Å². The van der Waals surface area contributed by atoms with Crippen LogP contribution in [0.25, 0.3) is 0 Å². The van der Waals surface area contributed by atoms with E-state index >= 15 is 0 Å². The molecule has 0 aromatic heterocycles. The van der Waals surface area contributed by atoms with Crippen LogP contribution in [0.15, 0.2) is 0 Å². The van der Waals surface area contributed by atoms with Crippen molar-refractivity contribution in [1.82, 2.24) is 0 Å². The molecule has 0 saturated heterocycles. The lowest BCUT2D eigenvalue weighted by atomic mass is 10.0. The summed E-state index contributed by atoms with van der Waals surface area (Å²) in [6.45, 7) is 3.36. The number of esters is 2. The van der Waals surface area contributed by atoms with E-state index in [0.717, 1.165) is 12.8 Å². The fraction of sp³-hybridized carbons (Fsp3) is 0.923. The highest BCUT2D eigenvalue weighted by atomic mass is 31.2. The van der Waals surface area contributed by atoms with Crippen LogP contribution < -0.4 is 0 Å². The highest BCUT2D eigenvalue weighted by Crippen LogP contribution is 2.43. The predicted octanol–water partition coefficient (Wildman–Crippen LogP) is 5.78. The summed E-state index contributed by atoms with van der Waals surface area (Å²) in [6.07, 6.45) is 15.1. The second-order valence-corrected chi connectivity index (χ2v) is 12.0. The quantitative estimate of drug-likeness (QED) is 0.0713. The molecule has 0 aliphatic carbocycles. The number of likely N-dealkylation sites (N-methyl/N-ethyl adjacent to an activating group) is 1. The van der Waals surface area contributed by atoms with Gasteiger partial charge < -0.3 is 18.9 Å². The average Bonchev–Trinajstić information content (AvgIpc) is 2.77. The van der Waals surface area contributed by atoms with Crippen LogP contribution in [0, 0.1) is 0 Å². The van der Waals surface area contributed by atoms with E-state index in [1.165, 1.54) is 71.1 Å². The molecule has 0 rings (SSSR count). The Balaban J connectivity index is 4.08. The molecule has 0 bridgehead atoms. The molecule has 1 N–H and O–H groups in total. The summed E-state index contributed by atoms with van der Waals surface area (Å²) in [5.41, 5.74) is 0. The van der Waals surface area contributed by atoms with Crippen molar-refractivity contribution in [2.75, 3.05) is 47.5 Å². The highest BCUT2D eigenvalue weighted by molar-refractivity contribution is 7.47. The van der Waals surface area contributed by atoms with Gasteiger partial charge in [-0.1, -0.05) is 84.0 Å². The summed E-state index contributed by atoms with van der Waals surface area (Å²) < 4.78 is 32.8. The van der Waals surface area contributed by atoms with Crippen LogP contribution in [-0.2, 0) is 32.7 Å². The number of ether oxygens (including phenoxy) is 2. The molecule has 0 radical (unpaired) electrons. The van der Waals surface area contributed by atoms with E-state index in [1.807, 2.05) is 21.1 Å². The summed E-state index contributed by atoms with van der Waals surface area (Å²) in [6, 6.07) is 0. The molecule has 36 heavy (non-hydrogen) atoms. The van der Waals surface area contributed by atoms with Crippen LogP contribution in [0.1, 0.15) is 104 Å². The summed E-state index contributed by atoms with van der Waals surface area (Å²) in [5, 5.41) is 0. The van der Waals surface area contributed by atoms with E-state index in [9.17, 15) is 19.0 Å². The molecule has 9 nitrogen and oxygen atoms in total. The van der Waals surface area contributed by atoms with Gasteiger partial charge in [0.1, 0.15) is 19.8 Å². The van der Waals surface area contributed by atoms with Crippen molar-refractivity contribution in [3.8, 4) is 0 Å². The van der Waals surface area contributed by atoms with Gasteiger partial charge in [-0.15, -0.1) is 0 Å². The standard InChI is InChI=1S/C26H52NO8P/c1-6-7-8-9-10-11-12-13-14-15-16-17-18-19-26(29)35-25(22-32-24(2)28)23-34-36(30,31)33-21-20-27(3,4)5/h25H,6-23H2,1-5H3/p+1. The minimum absolute atomic E-state index is 0.0325. The highest BCUT2D eigenvalue weighted by Gasteiger charge is 2.26. The second-order valence-electron chi connectivity index (χ2n) is 10.5. The third-order valence-electron chi connectivity index (χ3n) is 5.70. The van der Waals surface area contributed by atoms with Gasteiger partial charge in [0.25, 0.3) is 0 Å². The summed E-state index contributed by atoms with van der Waals surface area (Å²) in [4.78, 5) is 33.2. The molecule has 2 atom stereocenters. The summed E-state index contributed by atoms with van der Waals surface area (Å²) in [5.74, 6) is -0.989. The molecule has 0 saturated carbocycles. The average molecular weight is 539 g/mol. The van der Waals surface area contributed by atoms with Crippen molar-refractivity contribution in [2.24, 2.45) is 0 Å². The first kappa shape index (κ1) is 35.0. The van der Waals surface area contributed by atoms with Gasteiger partial charge in [0.2, 0.25) is 0 Å². The maximum atomic E-state index is 12.2. The van der Waals surface area contributed by atoms with Gasteiger partial charge in [-0.3, -0.25) is 18.6 Å². The topological polar surface area (TPSA) is 108 Å². The Kier molecular flexibility index (Phi) is 20.4. The number of phosphoric acid groups is 1. The number of nitrogens with zero attached hydrogens (tertiary/aromatic N) is 1. The van der Waals surface area contributed by atoms with Crippen LogP contribution in [-0.4, -0.2) is 74.9 Å². The molecule has 0 aliphatic rings. The molecular weight excluding hydrogens is 485 g/mol. The second kappa shape index (κ2) is 21.0. The fourth-order valence-corrected chi connectivity index (χ4v) is 4.24. The third-order valence-corrected chi connectivity index (χ3v) is 6.68. The lowest BCUT2D eigenvalue weighted by molar-refractivity contribution is -0.870. The lowest BCUT2D eigenvalue weighted by Crippen LogP contribution is -2.37. The van der Waals surface area contributed by atoms with Crippen LogP contribution in [0.3, 0.4) is 0 Å². The van der Waals surface area contributed by atoms with Crippen LogP contribution in [0.5, 0.6) is 0 Å². The number of carbonyl (C=O) groups is 2. The maximum absolute atomic E-state index is 12.2.